The van der Waals surface area contributed by atoms with Crippen molar-refractivity contribution in [1.82, 2.24) is 0 Å². The molecule has 0 aliphatic heterocycles. The quantitative estimate of drug-likeness (QED) is 0.449. The van der Waals surface area contributed by atoms with E-state index in [1.807, 2.05) is 0 Å². The van der Waals surface area contributed by atoms with Gasteiger partial charge in [-0.15, -0.1) is 0 Å². The van der Waals surface area contributed by atoms with Gasteiger partial charge in [0, 0.05) is 0 Å². The molecule has 2 rings (SSSR count). The fourth-order valence-corrected chi connectivity index (χ4v) is 2.61. The van der Waals surface area contributed by atoms with Gasteiger partial charge in [-0.3, -0.25) is 0 Å². The standard InChI is InChI=1S/C10H16/c1-10-7-3-2-5-9(10)6-4-8-10/h3,7,9H,2,4-6,8H2,1H3/t9-,10+/m1/s1. The van der Waals surface area contributed by atoms with Crippen molar-refractivity contribution in [1.29, 1.82) is 0 Å². The third-order valence-electron chi connectivity index (χ3n) is 3.38. The number of allylic oxidation sites excluding steroid dienone is 2. The van der Waals surface area contributed by atoms with Crippen LogP contribution in [0.3, 0.4) is 0 Å². The second-order valence-corrected chi connectivity index (χ2v) is 4.07. The minimum absolute atomic E-state index is 0.609. The Hall–Kier alpha value is -0.260. The molecule has 0 saturated heterocycles. The largest absolute Gasteiger partial charge is 0.0880 e. The molecule has 0 heteroatoms. The highest BCUT2D eigenvalue weighted by molar-refractivity contribution is 5.07. The van der Waals surface area contributed by atoms with Gasteiger partial charge in [0.15, 0.2) is 0 Å². The van der Waals surface area contributed by atoms with Crippen molar-refractivity contribution in [3.8, 4) is 0 Å². The van der Waals surface area contributed by atoms with Gasteiger partial charge in [0.2, 0.25) is 0 Å². The van der Waals surface area contributed by atoms with Crippen LogP contribution in [-0.4, -0.2) is 0 Å². The molecule has 0 unspecified atom stereocenters. The van der Waals surface area contributed by atoms with Gasteiger partial charge in [0.25, 0.3) is 0 Å². The minimum Gasteiger partial charge on any atom is -0.0880 e. The Balaban J connectivity index is 2.23. The lowest BCUT2D eigenvalue weighted by Crippen LogP contribution is -2.21. The number of hydrogen-bond donors (Lipinski definition) is 0. The molecule has 0 aromatic rings. The molecule has 1 fully saturated rings. The molecular formula is C10H16. The van der Waals surface area contributed by atoms with E-state index in [-0.39, 0.29) is 0 Å². The Kier molecular flexibility index (Phi) is 1.36. The topological polar surface area (TPSA) is 0 Å². The average Bonchev–Trinajstić information content (AvgIpc) is 2.29. The molecule has 0 amide bonds. The van der Waals surface area contributed by atoms with Crippen molar-refractivity contribution >= 4 is 0 Å². The van der Waals surface area contributed by atoms with Crippen LogP contribution in [0.1, 0.15) is 39.0 Å². The van der Waals surface area contributed by atoms with Gasteiger partial charge in [-0.05, 0) is 37.0 Å². The molecule has 0 spiro atoms. The highest BCUT2D eigenvalue weighted by Crippen LogP contribution is 2.48. The first-order valence-corrected chi connectivity index (χ1v) is 4.49. The number of fused-ring (bicyclic) bond motifs is 1. The van der Waals surface area contributed by atoms with Crippen molar-refractivity contribution in [3.05, 3.63) is 12.2 Å². The van der Waals surface area contributed by atoms with Crippen LogP contribution in [0.5, 0.6) is 0 Å². The Morgan fingerprint density at radius 1 is 1.40 bits per heavy atom. The normalized spacial score (nSPS) is 45.5. The fourth-order valence-electron chi connectivity index (χ4n) is 2.61. The summed E-state index contributed by atoms with van der Waals surface area (Å²) in [4.78, 5) is 0. The summed E-state index contributed by atoms with van der Waals surface area (Å²) in [5, 5.41) is 0. The molecule has 0 aromatic heterocycles. The second-order valence-electron chi connectivity index (χ2n) is 4.07. The summed E-state index contributed by atoms with van der Waals surface area (Å²) in [6.07, 6.45) is 12.0. The number of hydrogen-bond acceptors (Lipinski definition) is 0. The molecule has 0 bridgehead atoms. The van der Waals surface area contributed by atoms with Gasteiger partial charge in [0.05, 0.1) is 0 Å². The van der Waals surface area contributed by atoms with Crippen LogP contribution < -0.4 is 0 Å². The molecular weight excluding hydrogens is 120 g/mol. The molecule has 2 aliphatic carbocycles. The third kappa shape index (κ3) is 0.817. The smallest absolute Gasteiger partial charge is 0.0118 e. The summed E-state index contributed by atoms with van der Waals surface area (Å²) in [6, 6.07) is 0. The van der Waals surface area contributed by atoms with Crippen LogP contribution in [0.4, 0.5) is 0 Å². The summed E-state index contributed by atoms with van der Waals surface area (Å²) in [5.41, 5.74) is 0.609. The predicted molar refractivity (Wildman–Crippen MR) is 43.8 cm³/mol. The SMILES string of the molecule is C[C@@]12C=CCC[C@@H]1CCC2. The van der Waals surface area contributed by atoms with E-state index in [2.05, 4.69) is 19.1 Å². The van der Waals surface area contributed by atoms with E-state index in [4.69, 9.17) is 0 Å². The van der Waals surface area contributed by atoms with E-state index in [9.17, 15) is 0 Å². The zero-order chi connectivity index (χ0) is 7.03. The Morgan fingerprint density at radius 3 is 3.10 bits per heavy atom. The molecule has 0 N–H and O–H groups in total. The minimum atomic E-state index is 0.609. The van der Waals surface area contributed by atoms with E-state index >= 15 is 0 Å². The summed E-state index contributed by atoms with van der Waals surface area (Å²) in [6.45, 7) is 2.43. The van der Waals surface area contributed by atoms with Gasteiger partial charge >= 0.3 is 0 Å². The lowest BCUT2D eigenvalue weighted by atomic mass is 9.74. The van der Waals surface area contributed by atoms with E-state index in [0.717, 1.165) is 5.92 Å². The van der Waals surface area contributed by atoms with Crippen molar-refractivity contribution in [2.45, 2.75) is 39.0 Å². The van der Waals surface area contributed by atoms with Crippen LogP contribution in [0.25, 0.3) is 0 Å². The first kappa shape index (κ1) is 6.45. The molecule has 2 atom stereocenters. The van der Waals surface area contributed by atoms with Gasteiger partial charge in [-0.25, -0.2) is 0 Å². The predicted octanol–water partition coefficient (Wildman–Crippen LogP) is 3.14. The van der Waals surface area contributed by atoms with Gasteiger partial charge in [-0.2, -0.15) is 0 Å². The van der Waals surface area contributed by atoms with E-state index in [0.29, 0.717) is 5.41 Å². The molecule has 56 valence electrons. The molecule has 0 radical (unpaired) electrons. The molecule has 1 saturated carbocycles. The Morgan fingerprint density at radius 2 is 2.30 bits per heavy atom. The van der Waals surface area contributed by atoms with Gasteiger partial charge in [-0.1, -0.05) is 25.5 Å². The van der Waals surface area contributed by atoms with Crippen molar-refractivity contribution in [2.24, 2.45) is 11.3 Å². The first-order chi connectivity index (χ1) is 4.81. The molecule has 10 heavy (non-hydrogen) atoms. The van der Waals surface area contributed by atoms with Crippen LogP contribution in [0, 0.1) is 11.3 Å². The monoisotopic (exact) mass is 136 g/mol. The zero-order valence-electron chi connectivity index (χ0n) is 6.77. The Bertz CT molecular complexity index is 157. The lowest BCUT2D eigenvalue weighted by molar-refractivity contribution is 0.276. The fraction of sp³-hybridized carbons (Fsp3) is 0.800. The van der Waals surface area contributed by atoms with Crippen LogP contribution >= 0.6 is 0 Å². The maximum atomic E-state index is 2.47. The maximum Gasteiger partial charge on any atom is -0.0118 e. The molecule has 2 aliphatic rings. The Labute approximate surface area is 63.3 Å². The van der Waals surface area contributed by atoms with E-state index in [1.165, 1.54) is 32.1 Å². The highest BCUT2D eigenvalue weighted by atomic mass is 14.4. The van der Waals surface area contributed by atoms with Gasteiger partial charge < -0.3 is 0 Å². The van der Waals surface area contributed by atoms with E-state index < -0.39 is 0 Å². The summed E-state index contributed by atoms with van der Waals surface area (Å²) in [7, 11) is 0. The van der Waals surface area contributed by atoms with E-state index in [1.54, 1.807) is 0 Å². The van der Waals surface area contributed by atoms with Crippen LogP contribution in [0.2, 0.25) is 0 Å². The molecule has 0 heterocycles. The third-order valence-corrected chi connectivity index (χ3v) is 3.38. The molecule has 0 nitrogen and oxygen atoms in total. The average molecular weight is 136 g/mol. The van der Waals surface area contributed by atoms with Gasteiger partial charge in [0.1, 0.15) is 0 Å². The lowest BCUT2D eigenvalue weighted by Gasteiger charge is -2.31. The van der Waals surface area contributed by atoms with Crippen molar-refractivity contribution in [2.75, 3.05) is 0 Å². The molecule has 0 aromatic carbocycles. The highest BCUT2D eigenvalue weighted by Gasteiger charge is 2.37. The first-order valence-electron chi connectivity index (χ1n) is 4.49. The zero-order valence-corrected chi connectivity index (χ0v) is 6.77. The van der Waals surface area contributed by atoms with Crippen molar-refractivity contribution in [3.63, 3.8) is 0 Å². The van der Waals surface area contributed by atoms with Crippen molar-refractivity contribution < 1.29 is 0 Å². The van der Waals surface area contributed by atoms with Crippen LogP contribution in [0.15, 0.2) is 12.2 Å². The maximum absolute atomic E-state index is 2.47. The second kappa shape index (κ2) is 2.11. The number of rotatable bonds is 0. The summed E-state index contributed by atoms with van der Waals surface area (Å²) < 4.78 is 0. The summed E-state index contributed by atoms with van der Waals surface area (Å²) >= 11 is 0. The summed E-state index contributed by atoms with van der Waals surface area (Å²) in [5.74, 6) is 1.03. The van der Waals surface area contributed by atoms with Crippen LogP contribution in [-0.2, 0) is 0 Å².